The molecule has 3 aliphatic rings. The van der Waals surface area contributed by atoms with Crippen LogP contribution in [-0.4, -0.2) is 19.1 Å². The standard InChI is InChI=1S/C17H19NO2/c1-20-13-8-6-12(7-9-13)18-16-14-5-3-2-4-11(14)10-15(16)17(18)19/h3,5-9,11,14-16H,2,4,10H2,1H3/t11-,14-,15-,16+/m0/s1. The van der Waals surface area contributed by atoms with Gasteiger partial charge in [-0.2, -0.15) is 0 Å². The van der Waals surface area contributed by atoms with Crippen LogP contribution in [-0.2, 0) is 4.79 Å². The first-order valence-corrected chi connectivity index (χ1v) is 7.43. The summed E-state index contributed by atoms with van der Waals surface area (Å²) < 4.78 is 5.19. The minimum Gasteiger partial charge on any atom is -0.497 e. The summed E-state index contributed by atoms with van der Waals surface area (Å²) in [4.78, 5) is 14.4. The number of hydrogen-bond acceptors (Lipinski definition) is 2. The van der Waals surface area contributed by atoms with Gasteiger partial charge in [0.2, 0.25) is 5.91 Å². The highest BCUT2D eigenvalue weighted by Crippen LogP contribution is 2.52. The minimum absolute atomic E-state index is 0.259. The predicted molar refractivity (Wildman–Crippen MR) is 77.7 cm³/mol. The molecular formula is C17H19NO2. The Balaban J connectivity index is 1.63. The molecule has 104 valence electrons. The van der Waals surface area contributed by atoms with E-state index in [1.807, 2.05) is 29.2 Å². The van der Waals surface area contributed by atoms with E-state index in [1.165, 1.54) is 12.8 Å². The number of nitrogens with zero attached hydrogens (tertiary/aromatic N) is 1. The van der Waals surface area contributed by atoms with Crippen LogP contribution in [0.25, 0.3) is 0 Å². The number of hydrogen-bond donors (Lipinski definition) is 0. The van der Waals surface area contributed by atoms with Gasteiger partial charge in [-0.15, -0.1) is 0 Å². The fourth-order valence-corrected chi connectivity index (χ4v) is 4.20. The zero-order valence-corrected chi connectivity index (χ0v) is 11.7. The molecule has 1 amide bonds. The van der Waals surface area contributed by atoms with Gasteiger partial charge in [0.15, 0.2) is 0 Å². The average molecular weight is 269 g/mol. The number of β-lactam (4-membered cyclic amide) rings is 1. The number of benzene rings is 1. The van der Waals surface area contributed by atoms with Crippen molar-refractivity contribution in [2.24, 2.45) is 17.8 Å². The largest absolute Gasteiger partial charge is 0.497 e. The van der Waals surface area contributed by atoms with Gasteiger partial charge in [-0.25, -0.2) is 0 Å². The van der Waals surface area contributed by atoms with E-state index in [4.69, 9.17) is 4.74 Å². The van der Waals surface area contributed by atoms with Gasteiger partial charge in [-0.05, 0) is 49.4 Å². The second-order valence-corrected chi connectivity index (χ2v) is 6.08. The number of allylic oxidation sites excluding steroid dienone is 1. The highest BCUT2D eigenvalue weighted by Gasteiger charge is 2.58. The second kappa shape index (κ2) is 4.37. The maximum absolute atomic E-state index is 12.4. The molecule has 1 heterocycles. The number of amides is 1. The van der Waals surface area contributed by atoms with Crippen LogP contribution in [0.15, 0.2) is 36.4 Å². The first-order chi connectivity index (χ1) is 9.79. The highest BCUT2D eigenvalue weighted by atomic mass is 16.5. The van der Waals surface area contributed by atoms with Crippen molar-refractivity contribution < 1.29 is 9.53 Å². The summed E-state index contributed by atoms with van der Waals surface area (Å²) in [5, 5.41) is 0. The van der Waals surface area contributed by atoms with E-state index in [1.54, 1.807) is 7.11 Å². The van der Waals surface area contributed by atoms with Gasteiger partial charge in [-0.1, -0.05) is 12.2 Å². The molecule has 1 saturated carbocycles. The average Bonchev–Trinajstić information content (AvgIpc) is 2.83. The number of rotatable bonds is 2. The van der Waals surface area contributed by atoms with Gasteiger partial charge in [0, 0.05) is 11.6 Å². The predicted octanol–water partition coefficient (Wildman–Crippen LogP) is 3.01. The lowest BCUT2D eigenvalue weighted by Gasteiger charge is -2.46. The van der Waals surface area contributed by atoms with Crippen LogP contribution in [0.1, 0.15) is 19.3 Å². The Labute approximate surface area is 119 Å². The molecule has 0 bridgehead atoms. The number of ether oxygens (including phenoxy) is 1. The summed E-state index contributed by atoms with van der Waals surface area (Å²) in [6.07, 6.45) is 8.15. The molecule has 2 aliphatic carbocycles. The van der Waals surface area contributed by atoms with Gasteiger partial charge in [0.25, 0.3) is 0 Å². The molecule has 20 heavy (non-hydrogen) atoms. The Morgan fingerprint density at radius 1 is 1.25 bits per heavy atom. The van der Waals surface area contributed by atoms with Crippen molar-refractivity contribution in [2.75, 3.05) is 12.0 Å². The smallest absolute Gasteiger partial charge is 0.232 e. The number of anilines is 1. The third kappa shape index (κ3) is 1.55. The second-order valence-electron chi connectivity index (χ2n) is 6.08. The fraction of sp³-hybridized carbons (Fsp3) is 0.471. The summed E-state index contributed by atoms with van der Waals surface area (Å²) in [5.74, 6) is 2.67. The molecule has 1 saturated heterocycles. The topological polar surface area (TPSA) is 29.5 Å². The molecule has 1 aliphatic heterocycles. The van der Waals surface area contributed by atoms with E-state index in [0.717, 1.165) is 17.9 Å². The van der Waals surface area contributed by atoms with Gasteiger partial charge < -0.3 is 9.64 Å². The van der Waals surface area contributed by atoms with Crippen molar-refractivity contribution in [1.82, 2.24) is 0 Å². The molecule has 2 fully saturated rings. The lowest BCUT2D eigenvalue weighted by atomic mass is 9.82. The molecule has 0 spiro atoms. The Hall–Kier alpha value is -1.77. The molecular weight excluding hydrogens is 250 g/mol. The number of methoxy groups -OCH3 is 1. The van der Waals surface area contributed by atoms with Gasteiger partial charge >= 0.3 is 0 Å². The summed E-state index contributed by atoms with van der Waals surface area (Å²) >= 11 is 0. The summed E-state index contributed by atoms with van der Waals surface area (Å²) in [6, 6.07) is 8.23. The van der Waals surface area contributed by atoms with Crippen LogP contribution in [0, 0.1) is 17.8 Å². The molecule has 1 aromatic rings. The van der Waals surface area contributed by atoms with E-state index in [-0.39, 0.29) is 5.92 Å². The SMILES string of the molecule is COc1ccc(N2C(=O)[C@H]3C[C@@H]4CCC=C[C@@H]4[C@H]32)cc1. The van der Waals surface area contributed by atoms with E-state index < -0.39 is 0 Å². The van der Waals surface area contributed by atoms with Crippen molar-refractivity contribution in [1.29, 1.82) is 0 Å². The lowest BCUT2D eigenvalue weighted by Crippen LogP contribution is -2.61. The molecule has 3 nitrogen and oxygen atoms in total. The van der Waals surface area contributed by atoms with Gasteiger partial charge in [0.1, 0.15) is 5.75 Å². The third-order valence-corrected chi connectivity index (χ3v) is 5.17. The van der Waals surface area contributed by atoms with Gasteiger partial charge in [0.05, 0.1) is 19.1 Å². The normalized spacial score (nSPS) is 34.5. The maximum Gasteiger partial charge on any atom is 0.232 e. The first kappa shape index (κ1) is 12.0. The van der Waals surface area contributed by atoms with Crippen molar-refractivity contribution in [3.63, 3.8) is 0 Å². The fourth-order valence-electron chi connectivity index (χ4n) is 4.20. The van der Waals surface area contributed by atoms with Crippen LogP contribution in [0.4, 0.5) is 5.69 Å². The van der Waals surface area contributed by atoms with Gasteiger partial charge in [-0.3, -0.25) is 4.79 Å². The monoisotopic (exact) mass is 269 g/mol. The van der Waals surface area contributed by atoms with Crippen molar-refractivity contribution in [2.45, 2.75) is 25.3 Å². The van der Waals surface area contributed by atoms with E-state index in [9.17, 15) is 4.79 Å². The first-order valence-electron chi connectivity index (χ1n) is 7.43. The zero-order valence-electron chi connectivity index (χ0n) is 11.7. The summed E-state index contributed by atoms with van der Waals surface area (Å²) in [6.45, 7) is 0. The quantitative estimate of drug-likeness (QED) is 0.610. The molecule has 0 radical (unpaired) electrons. The van der Waals surface area contributed by atoms with Crippen LogP contribution < -0.4 is 9.64 Å². The summed E-state index contributed by atoms with van der Waals surface area (Å²) in [7, 11) is 1.66. The van der Waals surface area contributed by atoms with Crippen LogP contribution in [0.3, 0.4) is 0 Å². The number of carbonyl (C=O) groups excluding carboxylic acids is 1. The Bertz CT molecular complexity index is 563. The molecule has 4 rings (SSSR count). The van der Waals surface area contributed by atoms with E-state index in [2.05, 4.69) is 12.2 Å². The zero-order chi connectivity index (χ0) is 13.7. The van der Waals surface area contributed by atoms with Crippen molar-refractivity contribution in [3.8, 4) is 5.75 Å². The van der Waals surface area contributed by atoms with Crippen LogP contribution in [0.5, 0.6) is 5.75 Å². The molecule has 0 unspecified atom stereocenters. The molecule has 1 aromatic carbocycles. The van der Waals surface area contributed by atoms with Crippen LogP contribution in [0.2, 0.25) is 0 Å². The minimum atomic E-state index is 0.259. The number of carbonyl (C=O) groups is 1. The highest BCUT2D eigenvalue weighted by molar-refractivity contribution is 6.03. The Morgan fingerprint density at radius 2 is 2.05 bits per heavy atom. The Kier molecular flexibility index (Phi) is 2.62. The van der Waals surface area contributed by atoms with Crippen molar-refractivity contribution >= 4 is 11.6 Å². The lowest BCUT2D eigenvalue weighted by molar-refractivity contribution is -0.129. The maximum atomic E-state index is 12.4. The number of fused-ring (bicyclic) bond motifs is 3. The summed E-state index contributed by atoms with van der Waals surface area (Å²) in [5.41, 5.74) is 1.01. The molecule has 4 atom stereocenters. The van der Waals surface area contributed by atoms with Crippen LogP contribution >= 0.6 is 0 Å². The van der Waals surface area contributed by atoms with Crippen molar-refractivity contribution in [3.05, 3.63) is 36.4 Å². The molecule has 0 N–H and O–H groups in total. The Morgan fingerprint density at radius 3 is 2.80 bits per heavy atom. The third-order valence-electron chi connectivity index (χ3n) is 5.17. The molecule has 0 aromatic heterocycles. The van der Waals surface area contributed by atoms with E-state index >= 15 is 0 Å². The molecule has 3 heteroatoms. The van der Waals surface area contributed by atoms with E-state index in [0.29, 0.717) is 23.8 Å².